The van der Waals surface area contributed by atoms with Crippen molar-refractivity contribution in [2.45, 2.75) is 31.9 Å². The summed E-state index contributed by atoms with van der Waals surface area (Å²) in [5, 5.41) is 3.13. The van der Waals surface area contributed by atoms with Crippen LogP contribution in [0.25, 0.3) is 0 Å². The van der Waals surface area contributed by atoms with Crippen molar-refractivity contribution in [2.24, 2.45) is 0 Å². The van der Waals surface area contributed by atoms with Crippen molar-refractivity contribution in [3.05, 3.63) is 0 Å². The molecule has 0 fully saturated rings. The van der Waals surface area contributed by atoms with Crippen LogP contribution in [0.1, 0.15) is 20.3 Å². The van der Waals surface area contributed by atoms with Gasteiger partial charge in [0.1, 0.15) is 0 Å². The van der Waals surface area contributed by atoms with Crippen molar-refractivity contribution in [2.75, 3.05) is 41.1 Å². The molecular weight excluding hydrogens is 194 g/mol. The fraction of sp³-hybridized carbons (Fsp3) is 1.00. The van der Waals surface area contributed by atoms with E-state index in [2.05, 4.69) is 19.2 Å². The summed E-state index contributed by atoms with van der Waals surface area (Å²) in [6, 6.07) is 0.264. The second kappa shape index (κ2) is 8.05. The van der Waals surface area contributed by atoms with Gasteiger partial charge in [-0.15, -0.1) is 0 Å². The molecule has 1 N–H and O–H groups in total. The first-order valence-corrected chi connectivity index (χ1v) is 5.35. The Morgan fingerprint density at radius 3 is 2.33 bits per heavy atom. The van der Waals surface area contributed by atoms with Gasteiger partial charge >= 0.3 is 0 Å². The van der Waals surface area contributed by atoms with Gasteiger partial charge in [-0.05, 0) is 27.3 Å². The fourth-order valence-corrected chi connectivity index (χ4v) is 1.06. The molecule has 0 rings (SSSR count). The van der Waals surface area contributed by atoms with E-state index >= 15 is 0 Å². The Morgan fingerprint density at radius 1 is 1.20 bits per heavy atom. The predicted octanol–water partition coefficient (Wildman–Crippen LogP) is 1.05. The van der Waals surface area contributed by atoms with Gasteiger partial charge in [0.05, 0.1) is 24.9 Å². The zero-order chi connectivity index (χ0) is 11.7. The lowest BCUT2D eigenvalue weighted by Gasteiger charge is -2.23. The highest BCUT2D eigenvalue weighted by atomic mass is 16.5. The smallest absolute Gasteiger partial charge is 0.0644 e. The van der Waals surface area contributed by atoms with Crippen molar-refractivity contribution in [1.29, 1.82) is 0 Å². The minimum absolute atomic E-state index is 0.101. The summed E-state index contributed by atoms with van der Waals surface area (Å²) in [4.78, 5) is 0. The lowest BCUT2D eigenvalue weighted by molar-refractivity contribution is -0.0147. The lowest BCUT2D eigenvalue weighted by Crippen LogP contribution is -2.35. The summed E-state index contributed by atoms with van der Waals surface area (Å²) in [5.41, 5.74) is -0.101. The number of methoxy groups -OCH3 is 2. The monoisotopic (exact) mass is 219 g/mol. The van der Waals surface area contributed by atoms with Crippen molar-refractivity contribution < 1.29 is 14.2 Å². The number of likely N-dealkylation sites (N-methyl/N-ethyl adjacent to an activating group) is 1. The number of ether oxygens (including phenoxy) is 3. The fourth-order valence-electron chi connectivity index (χ4n) is 1.06. The highest BCUT2D eigenvalue weighted by Crippen LogP contribution is 2.12. The summed E-state index contributed by atoms with van der Waals surface area (Å²) < 4.78 is 15.9. The lowest BCUT2D eigenvalue weighted by atomic mass is 10.1. The SMILES string of the molecule is CNC(COC)COCCC(C)(C)OC. The second-order valence-electron chi connectivity index (χ2n) is 4.23. The molecule has 92 valence electrons. The van der Waals surface area contributed by atoms with Crippen molar-refractivity contribution >= 4 is 0 Å². The quantitative estimate of drug-likeness (QED) is 0.588. The highest BCUT2D eigenvalue weighted by molar-refractivity contribution is 4.67. The van der Waals surface area contributed by atoms with Crippen LogP contribution < -0.4 is 5.32 Å². The molecule has 0 aromatic heterocycles. The van der Waals surface area contributed by atoms with Gasteiger partial charge in [0.2, 0.25) is 0 Å². The number of rotatable bonds is 9. The standard InChI is InChI=1S/C11H25NO3/c1-11(2,14-5)6-7-15-9-10(12-3)8-13-4/h10,12H,6-9H2,1-5H3. The predicted molar refractivity (Wildman–Crippen MR) is 61.2 cm³/mol. The van der Waals surface area contributed by atoms with Crippen LogP contribution >= 0.6 is 0 Å². The van der Waals surface area contributed by atoms with E-state index in [0.717, 1.165) is 6.42 Å². The highest BCUT2D eigenvalue weighted by Gasteiger charge is 2.16. The van der Waals surface area contributed by atoms with Crippen molar-refractivity contribution in [3.63, 3.8) is 0 Å². The third-order valence-corrected chi connectivity index (χ3v) is 2.50. The molecule has 0 bridgehead atoms. The third kappa shape index (κ3) is 7.73. The molecule has 0 aliphatic heterocycles. The molecular formula is C11H25NO3. The summed E-state index contributed by atoms with van der Waals surface area (Å²) >= 11 is 0. The van der Waals surface area contributed by atoms with Crippen LogP contribution in [-0.4, -0.2) is 52.7 Å². The molecule has 0 aliphatic carbocycles. The van der Waals surface area contributed by atoms with Gasteiger partial charge in [-0.2, -0.15) is 0 Å². The van der Waals surface area contributed by atoms with Crippen LogP contribution in [0.15, 0.2) is 0 Å². The van der Waals surface area contributed by atoms with Gasteiger partial charge in [-0.3, -0.25) is 0 Å². The summed E-state index contributed by atoms with van der Waals surface area (Å²) in [7, 11) is 5.33. The average molecular weight is 219 g/mol. The van der Waals surface area contributed by atoms with E-state index in [4.69, 9.17) is 14.2 Å². The van der Waals surface area contributed by atoms with Crippen LogP contribution in [0.2, 0.25) is 0 Å². The maximum absolute atomic E-state index is 5.55. The topological polar surface area (TPSA) is 39.7 Å². The van der Waals surface area contributed by atoms with Crippen LogP contribution in [0.3, 0.4) is 0 Å². The summed E-state index contributed by atoms with van der Waals surface area (Å²) in [5.74, 6) is 0. The van der Waals surface area contributed by atoms with E-state index in [-0.39, 0.29) is 11.6 Å². The van der Waals surface area contributed by atoms with Crippen LogP contribution in [0.4, 0.5) is 0 Å². The van der Waals surface area contributed by atoms with E-state index in [1.54, 1.807) is 14.2 Å². The van der Waals surface area contributed by atoms with Crippen LogP contribution in [0, 0.1) is 0 Å². The molecule has 4 nitrogen and oxygen atoms in total. The van der Waals surface area contributed by atoms with Gasteiger partial charge < -0.3 is 19.5 Å². The minimum atomic E-state index is -0.101. The van der Waals surface area contributed by atoms with Gasteiger partial charge in [0.15, 0.2) is 0 Å². The molecule has 0 radical (unpaired) electrons. The van der Waals surface area contributed by atoms with E-state index in [1.807, 2.05) is 7.05 Å². The first-order chi connectivity index (χ1) is 7.05. The maximum atomic E-state index is 5.55. The molecule has 0 aromatic carbocycles. The third-order valence-electron chi connectivity index (χ3n) is 2.50. The second-order valence-corrected chi connectivity index (χ2v) is 4.23. The van der Waals surface area contributed by atoms with Crippen LogP contribution in [0.5, 0.6) is 0 Å². The Kier molecular flexibility index (Phi) is 7.96. The Balaban J connectivity index is 3.52. The molecule has 1 unspecified atom stereocenters. The molecule has 0 aromatic rings. The first kappa shape index (κ1) is 14.8. The van der Waals surface area contributed by atoms with Crippen molar-refractivity contribution in [3.8, 4) is 0 Å². The van der Waals surface area contributed by atoms with E-state index < -0.39 is 0 Å². The normalized spacial score (nSPS) is 14.2. The summed E-state index contributed by atoms with van der Waals surface area (Å²) in [6.07, 6.45) is 0.896. The van der Waals surface area contributed by atoms with Crippen LogP contribution in [-0.2, 0) is 14.2 Å². The molecule has 15 heavy (non-hydrogen) atoms. The number of nitrogens with one attached hydrogen (secondary N) is 1. The van der Waals surface area contributed by atoms with E-state index in [9.17, 15) is 0 Å². The molecule has 4 heteroatoms. The Labute approximate surface area is 93.3 Å². The maximum Gasteiger partial charge on any atom is 0.0644 e. The van der Waals surface area contributed by atoms with E-state index in [1.165, 1.54) is 0 Å². The average Bonchev–Trinajstić information content (AvgIpc) is 2.22. The molecule has 0 saturated carbocycles. The Bertz CT molecular complexity index is 151. The summed E-state index contributed by atoms with van der Waals surface area (Å²) in [6.45, 7) is 6.17. The zero-order valence-electron chi connectivity index (χ0n) is 10.6. The minimum Gasteiger partial charge on any atom is -0.383 e. The number of hydrogen-bond donors (Lipinski definition) is 1. The Hall–Kier alpha value is -0.160. The molecule has 0 saturated heterocycles. The molecule has 1 atom stereocenters. The first-order valence-electron chi connectivity index (χ1n) is 5.35. The molecule has 0 amide bonds. The van der Waals surface area contributed by atoms with Gasteiger partial charge in [0.25, 0.3) is 0 Å². The Morgan fingerprint density at radius 2 is 1.87 bits per heavy atom. The van der Waals surface area contributed by atoms with E-state index in [0.29, 0.717) is 19.8 Å². The van der Waals surface area contributed by atoms with Crippen molar-refractivity contribution in [1.82, 2.24) is 5.32 Å². The number of hydrogen-bond acceptors (Lipinski definition) is 4. The van der Waals surface area contributed by atoms with Gasteiger partial charge in [-0.1, -0.05) is 0 Å². The molecule has 0 heterocycles. The largest absolute Gasteiger partial charge is 0.383 e. The molecule has 0 aliphatic rings. The van der Waals surface area contributed by atoms with Gasteiger partial charge in [0, 0.05) is 20.8 Å². The molecule has 0 spiro atoms. The van der Waals surface area contributed by atoms with Gasteiger partial charge in [-0.25, -0.2) is 0 Å². The zero-order valence-corrected chi connectivity index (χ0v) is 10.6.